The number of aromatic hydroxyl groups is 1. The number of phenols is 1. The average Bonchev–Trinajstić information content (AvgIpc) is 2.59. The van der Waals surface area contributed by atoms with E-state index in [1.807, 2.05) is 6.92 Å². The highest BCUT2D eigenvalue weighted by molar-refractivity contribution is 6.12. The maximum absolute atomic E-state index is 12.7. The second kappa shape index (κ2) is 6.35. The lowest BCUT2D eigenvalue weighted by Gasteiger charge is -2.25. The van der Waals surface area contributed by atoms with E-state index in [4.69, 9.17) is 9.47 Å². The van der Waals surface area contributed by atoms with E-state index in [2.05, 4.69) is 0 Å². The minimum Gasteiger partial charge on any atom is -0.507 e. The molecule has 1 aliphatic heterocycles. The van der Waals surface area contributed by atoms with E-state index in [1.54, 1.807) is 24.3 Å². The van der Waals surface area contributed by atoms with Crippen LogP contribution >= 0.6 is 0 Å². The fourth-order valence-electron chi connectivity index (χ4n) is 2.88. The Balaban J connectivity index is 2.12. The normalized spacial score (nSPS) is 16.0. The molecule has 124 valence electrons. The first kappa shape index (κ1) is 16.1. The molecule has 1 heterocycles. The lowest BCUT2D eigenvalue weighted by molar-refractivity contribution is 0.0593. The van der Waals surface area contributed by atoms with Crippen LogP contribution in [0.3, 0.4) is 0 Å². The zero-order valence-corrected chi connectivity index (χ0v) is 13.5. The van der Waals surface area contributed by atoms with Crippen LogP contribution in [-0.2, 0) is 11.2 Å². The standard InChI is InChI=1S/C19H18O5/c1-11-7-13-8-12(17(21)14-5-3-4-6-16(14)20)9-15(19(22)23-2)18(13)24-10-11/h3-6,8-9,11,20H,7,10H2,1-2H3/t11-/m0/s1. The predicted octanol–water partition coefficient (Wildman–Crippen LogP) is 2.98. The van der Waals surface area contributed by atoms with Crippen molar-refractivity contribution in [1.82, 2.24) is 0 Å². The van der Waals surface area contributed by atoms with Crippen LogP contribution < -0.4 is 4.74 Å². The molecule has 0 saturated carbocycles. The van der Waals surface area contributed by atoms with Gasteiger partial charge in [0, 0.05) is 5.56 Å². The quantitative estimate of drug-likeness (QED) is 0.693. The molecule has 0 aromatic heterocycles. The molecule has 0 amide bonds. The van der Waals surface area contributed by atoms with Crippen molar-refractivity contribution < 1.29 is 24.2 Å². The van der Waals surface area contributed by atoms with Crippen molar-refractivity contribution in [2.24, 2.45) is 5.92 Å². The summed E-state index contributed by atoms with van der Waals surface area (Å²) in [7, 11) is 1.29. The monoisotopic (exact) mass is 326 g/mol. The fraction of sp³-hybridized carbons (Fsp3) is 0.263. The summed E-state index contributed by atoms with van der Waals surface area (Å²) in [6.45, 7) is 2.56. The first-order chi connectivity index (χ1) is 11.5. The third kappa shape index (κ3) is 2.85. The van der Waals surface area contributed by atoms with Crippen LogP contribution in [0.25, 0.3) is 0 Å². The van der Waals surface area contributed by atoms with Crippen LogP contribution in [0, 0.1) is 5.92 Å². The molecule has 5 nitrogen and oxygen atoms in total. The number of ether oxygens (including phenoxy) is 2. The van der Waals surface area contributed by atoms with Crippen LogP contribution in [-0.4, -0.2) is 30.6 Å². The van der Waals surface area contributed by atoms with Gasteiger partial charge < -0.3 is 14.6 Å². The van der Waals surface area contributed by atoms with Crippen molar-refractivity contribution in [2.75, 3.05) is 13.7 Å². The molecule has 0 bridgehead atoms. The molecule has 0 aliphatic carbocycles. The average molecular weight is 326 g/mol. The Morgan fingerprint density at radius 2 is 1.96 bits per heavy atom. The number of fused-ring (bicyclic) bond motifs is 1. The molecule has 0 unspecified atom stereocenters. The lowest BCUT2D eigenvalue weighted by atomic mass is 9.91. The van der Waals surface area contributed by atoms with E-state index in [1.165, 1.54) is 19.2 Å². The third-order valence-corrected chi connectivity index (χ3v) is 4.06. The molecule has 24 heavy (non-hydrogen) atoms. The minimum atomic E-state index is -0.548. The van der Waals surface area contributed by atoms with Gasteiger partial charge >= 0.3 is 5.97 Å². The molecule has 0 saturated heterocycles. The van der Waals surface area contributed by atoms with Gasteiger partial charge in [0.1, 0.15) is 17.1 Å². The molecule has 1 atom stereocenters. The number of hydrogen-bond acceptors (Lipinski definition) is 5. The number of ketones is 1. The number of rotatable bonds is 3. The van der Waals surface area contributed by atoms with E-state index in [0.717, 1.165) is 5.56 Å². The summed E-state index contributed by atoms with van der Waals surface area (Å²) in [5.41, 5.74) is 1.56. The van der Waals surface area contributed by atoms with Gasteiger partial charge in [0.15, 0.2) is 5.78 Å². The first-order valence-electron chi connectivity index (χ1n) is 7.72. The number of carbonyl (C=O) groups excluding carboxylic acids is 2. The second-order valence-corrected chi connectivity index (χ2v) is 5.97. The van der Waals surface area contributed by atoms with Gasteiger partial charge in [-0.1, -0.05) is 19.1 Å². The number of esters is 1. The molecule has 3 rings (SSSR count). The zero-order chi connectivity index (χ0) is 17.3. The summed E-state index contributed by atoms with van der Waals surface area (Å²) >= 11 is 0. The Hall–Kier alpha value is -2.82. The van der Waals surface area contributed by atoms with Crippen molar-refractivity contribution in [3.63, 3.8) is 0 Å². The number of methoxy groups -OCH3 is 1. The van der Waals surface area contributed by atoms with Gasteiger partial charge in [0.05, 0.1) is 19.3 Å². The molecule has 1 aliphatic rings. The molecule has 0 fully saturated rings. The third-order valence-electron chi connectivity index (χ3n) is 4.06. The molecular formula is C19H18O5. The van der Waals surface area contributed by atoms with E-state index in [-0.39, 0.29) is 22.7 Å². The summed E-state index contributed by atoms with van der Waals surface area (Å²) < 4.78 is 10.5. The van der Waals surface area contributed by atoms with E-state index in [0.29, 0.717) is 30.3 Å². The molecule has 2 aromatic rings. The van der Waals surface area contributed by atoms with Crippen LogP contribution in [0.4, 0.5) is 0 Å². The van der Waals surface area contributed by atoms with E-state index < -0.39 is 5.97 Å². The molecular weight excluding hydrogens is 308 g/mol. The predicted molar refractivity (Wildman–Crippen MR) is 87.7 cm³/mol. The van der Waals surface area contributed by atoms with E-state index >= 15 is 0 Å². The molecule has 0 spiro atoms. The van der Waals surface area contributed by atoms with Crippen LogP contribution in [0.5, 0.6) is 11.5 Å². The number of para-hydroxylation sites is 1. The highest BCUT2D eigenvalue weighted by atomic mass is 16.5. The largest absolute Gasteiger partial charge is 0.507 e. The highest BCUT2D eigenvalue weighted by Gasteiger charge is 2.26. The Morgan fingerprint density at radius 1 is 1.21 bits per heavy atom. The van der Waals surface area contributed by atoms with Crippen molar-refractivity contribution in [3.05, 3.63) is 58.7 Å². The summed E-state index contributed by atoms with van der Waals surface area (Å²) in [5.74, 6) is -0.219. The van der Waals surface area contributed by atoms with Crippen LogP contribution in [0.2, 0.25) is 0 Å². The molecule has 5 heteroatoms. The van der Waals surface area contributed by atoms with Gasteiger partial charge in [-0.3, -0.25) is 4.79 Å². The summed E-state index contributed by atoms with van der Waals surface area (Å²) in [5, 5.41) is 9.91. The lowest BCUT2D eigenvalue weighted by Crippen LogP contribution is -2.21. The minimum absolute atomic E-state index is 0.0931. The maximum Gasteiger partial charge on any atom is 0.341 e. The fourth-order valence-corrected chi connectivity index (χ4v) is 2.88. The van der Waals surface area contributed by atoms with Crippen molar-refractivity contribution >= 4 is 11.8 Å². The van der Waals surface area contributed by atoms with Gasteiger partial charge in [0.2, 0.25) is 0 Å². The molecule has 0 radical (unpaired) electrons. The van der Waals surface area contributed by atoms with Gasteiger partial charge in [-0.15, -0.1) is 0 Å². The Morgan fingerprint density at radius 3 is 2.67 bits per heavy atom. The van der Waals surface area contributed by atoms with Gasteiger partial charge in [-0.2, -0.15) is 0 Å². The second-order valence-electron chi connectivity index (χ2n) is 5.97. The summed E-state index contributed by atoms with van der Waals surface area (Å²) in [6.07, 6.45) is 0.710. The molecule has 1 N–H and O–H groups in total. The van der Waals surface area contributed by atoms with Crippen molar-refractivity contribution in [2.45, 2.75) is 13.3 Å². The first-order valence-corrected chi connectivity index (χ1v) is 7.72. The maximum atomic E-state index is 12.7. The van der Waals surface area contributed by atoms with Crippen molar-refractivity contribution in [3.8, 4) is 11.5 Å². The van der Waals surface area contributed by atoms with E-state index in [9.17, 15) is 14.7 Å². The van der Waals surface area contributed by atoms with Crippen LogP contribution in [0.15, 0.2) is 36.4 Å². The Kier molecular flexibility index (Phi) is 4.25. The van der Waals surface area contributed by atoms with Crippen LogP contribution in [0.1, 0.15) is 38.8 Å². The van der Waals surface area contributed by atoms with Gasteiger partial charge in [-0.25, -0.2) is 4.79 Å². The number of carbonyl (C=O) groups is 2. The number of benzene rings is 2. The Labute approximate surface area is 139 Å². The highest BCUT2D eigenvalue weighted by Crippen LogP contribution is 2.34. The SMILES string of the molecule is COC(=O)c1cc(C(=O)c2ccccc2O)cc2c1OC[C@@H](C)C2. The topological polar surface area (TPSA) is 72.8 Å². The molecule has 2 aromatic carbocycles. The smallest absolute Gasteiger partial charge is 0.341 e. The summed E-state index contributed by atoms with van der Waals surface area (Å²) in [4.78, 5) is 24.8. The Bertz CT molecular complexity index is 809. The van der Waals surface area contributed by atoms with Gasteiger partial charge in [-0.05, 0) is 42.2 Å². The number of hydrogen-bond donors (Lipinski definition) is 1. The summed E-state index contributed by atoms with van der Waals surface area (Å²) in [6, 6.07) is 9.53. The number of phenolic OH excluding ortho intramolecular Hbond substituents is 1. The van der Waals surface area contributed by atoms with Crippen molar-refractivity contribution in [1.29, 1.82) is 0 Å². The van der Waals surface area contributed by atoms with Gasteiger partial charge in [0.25, 0.3) is 0 Å². The zero-order valence-electron chi connectivity index (χ0n) is 13.5.